The molecule has 0 radical (unpaired) electrons. The number of nitrogens with zero attached hydrogens (tertiary/aromatic N) is 3. The molecule has 0 saturated heterocycles. The Bertz CT molecular complexity index is 535. The predicted molar refractivity (Wildman–Crippen MR) is 79.3 cm³/mol. The van der Waals surface area contributed by atoms with Crippen molar-refractivity contribution in [3.8, 4) is 0 Å². The summed E-state index contributed by atoms with van der Waals surface area (Å²) in [6.45, 7) is 6.55. The third-order valence-corrected chi connectivity index (χ3v) is 4.03. The SMILES string of the molecule is CCCNc1ncc([N+](=O)[O-])c(NC2CC(O)C2(C)C)n1. The fraction of sp³-hybridized carbons (Fsp3) is 0.692. The molecule has 1 fully saturated rings. The van der Waals surface area contributed by atoms with Crippen molar-refractivity contribution in [1.82, 2.24) is 9.97 Å². The number of aliphatic hydroxyl groups is 1. The molecule has 21 heavy (non-hydrogen) atoms. The van der Waals surface area contributed by atoms with Crippen LogP contribution in [0, 0.1) is 15.5 Å². The van der Waals surface area contributed by atoms with Crippen LogP contribution in [-0.4, -0.2) is 38.7 Å². The molecule has 8 heteroatoms. The Morgan fingerprint density at radius 1 is 1.57 bits per heavy atom. The first-order chi connectivity index (χ1) is 9.86. The molecule has 0 aromatic carbocycles. The summed E-state index contributed by atoms with van der Waals surface area (Å²) in [6, 6.07) is -0.0554. The highest BCUT2D eigenvalue weighted by atomic mass is 16.6. The van der Waals surface area contributed by atoms with E-state index in [0.717, 1.165) is 6.42 Å². The minimum Gasteiger partial charge on any atom is -0.392 e. The summed E-state index contributed by atoms with van der Waals surface area (Å²) in [5.41, 5.74) is -0.496. The van der Waals surface area contributed by atoms with Crippen LogP contribution in [0.5, 0.6) is 0 Å². The largest absolute Gasteiger partial charge is 0.392 e. The van der Waals surface area contributed by atoms with E-state index in [0.29, 0.717) is 18.9 Å². The summed E-state index contributed by atoms with van der Waals surface area (Å²) >= 11 is 0. The number of nitro groups is 1. The van der Waals surface area contributed by atoms with E-state index in [-0.39, 0.29) is 23.0 Å². The Kier molecular flexibility index (Phi) is 4.26. The molecule has 116 valence electrons. The molecule has 1 aliphatic rings. The van der Waals surface area contributed by atoms with E-state index in [1.165, 1.54) is 6.20 Å². The normalized spacial score (nSPS) is 23.2. The molecule has 2 atom stereocenters. The minimum atomic E-state index is -0.506. The Labute approximate surface area is 123 Å². The smallest absolute Gasteiger partial charge is 0.329 e. The van der Waals surface area contributed by atoms with Crippen molar-refractivity contribution >= 4 is 17.5 Å². The fourth-order valence-electron chi connectivity index (χ4n) is 2.25. The maximum Gasteiger partial charge on any atom is 0.329 e. The van der Waals surface area contributed by atoms with Crippen LogP contribution in [0.2, 0.25) is 0 Å². The van der Waals surface area contributed by atoms with Gasteiger partial charge >= 0.3 is 5.69 Å². The van der Waals surface area contributed by atoms with E-state index in [1.807, 2.05) is 20.8 Å². The number of anilines is 2. The number of hydrogen-bond acceptors (Lipinski definition) is 7. The number of aliphatic hydroxyl groups excluding tert-OH is 1. The van der Waals surface area contributed by atoms with Crippen molar-refractivity contribution in [2.75, 3.05) is 17.2 Å². The zero-order chi connectivity index (χ0) is 15.6. The van der Waals surface area contributed by atoms with Crippen LogP contribution in [0.1, 0.15) is 33.6 Å². The van der Waals surface area contributed by atoms with Crippen molar-refractivity contribution in [1.29, 1.82) is 0 Å². The second-order valence-electron chi connectivity index (χ2n) is 5.88. The molecular weight excluding hydrogens is 274 g/mol. The number of nitrogens with one attached hydrogen (secondary N) is 2. The van der Waals surface area contributed by atoms with Gasteiger partial charge < -0.3 is 15.7 Å². The molecule has 2 unspecified atom stereocenters. The standard InChI is InChI=1S/C13H21N5O3/c1-4-5-14-12-15-7-8(18(20)21)11(17-12)16-9-6-10(19)13(9,2)3/h7,9-10,19H,4-6H2,1-3H3,(H2,14,15,16,17). The molecule has 3 N–H and O–H groups in total. The summed E-state index contributed by atoms with van der Waals surface area (Å²) in [5.74, 6) is 0.557. The Morgan fingerprint density at radius 2 is 2.29 bits per heavy atom. The maximum atomic E-state index is 11.1. The zero-order valence-electron chi connectivity index (χ0n) is 12.5. The molecule has 0 aliphatic heterocycles. The average Bonchev–Trinajstić information content (AvgIpc) is 2.44. The molecule has 2 rings (SSSR count). The topological polar surface area (TPSA) is 113 Å². The Balaban J connectivity index is 2.21. The van der Waals surface area contributed by atoms with E-state index in [2.05, 4.69) is 20.6 Å². The molecule has 0 spiro atoms. The quantitative estimate of drug-likeness (QED) is 0.541. The van der Waals surface area contributed by atoms with Crippen LogP contribution in [-0.2, 0) is 0 Å². The first kappa shape index (κ1) is 15.4. The highest BCUT2D eigenvalue weighted by molar-refractivity contribution is 5.58. The van der Waals surface area contributed by atoms with Gasteiger partial charge in [0, 0.05) is 18.0 Å². The van der Waals surface area contributed by atoms with Gasteiger partial charge in [-0.3, -0.25) is 10.1 Å². The van der Waals surface area contributed by atoms with Crippen LogP contribution in [0.3, 0.4) is 0 Å². The molecule has 1 aliphatic carbocycles. The molecule has 1 aromatic heterocycles. The predicted octanol–water partition coefficient (Wildman–Crippen LogP) is 1.78. The Morgan fingerprint density at radius 3 is 2.81 bits per heavy atom. The van der Waals surface area contributed by atoms with E-state index in [1.54, 1.807) is 0 Å². The van der Waals surface area contributed by atoms with E-state index >= 15 is 0 Å². The third kappa shape index (κ3) is 3.05. The van der Waals surface area contributed by atoms with Crippen molar-refractivity contribution < 1.29 is 10.0 Å². The lowest BCUT2D eigenvalue weighted by Crippen LogP contribution is -2.57. The van der Waals surface area contributed by atoms with Gasteiger partial charge in [0.05, 0.1) is 11.0 Å². The summed E-state index contributed by atoms with van der Waals surface area (Å²) in [7, 11) is 0. The zero-order valence-corrected chi connectivity index (χ0v) is 12.5. The van der Waals surface area contributed by atoms with E-state index < -0.39 is 11.0 Å². The summed E-state index contributed by atoms with van der Waals surface area (Å²) in [6.07, 6.45) is 2.25. The highest BCUT2D eigenvalue weighted by Gasteiger charge is 2.48. The van der Waals surface area contributed by atoms with Gasteiger partial charge in [0.2, 0.25) is 11.8 Å². The van der Waals surface area contributed by atoms with Gasteiger partial charge in [0.15, 0.2) is 0 Å². The second-order valence-corrected chi connectivity index (χ2v) is 5.88. The lowest BCUT2D eigenvalue weighted by Gasteiger charge is -2.49. The van der Waals surface area contributed by atoms with Gasteiger partial charge in [-0.1, -0.05) is 20.8 Å². The van der Waals surface area contributed by atoms with Gasteiger partial charge in [-0.2, -0.15) is 4.98 Å². The van der Waals surface area contributed by atoms with E-state index in [9.17, 15) is 15.2 Å². The van der Waals surface area contributed by atoms with E-state index in [4.69, 9.17) is 0 Å². The van der Waals surface area contributed by atoms with Crippen molar-refractivity contribution in [3.05, 3.63) is 16.3 Å². The van der Waals surface area contributed by atoms with Crippen LogP contribution in [0.15, 0.2) is 6.20 Å². The third-order valence-electron chi connectivity index (χ3n) is 4.03. The maximum absolute atomic E-state index is 11.1. The van der Waals surface area contributed by atoms with Crippen LogP contribution in [0.4, 0.5) is 17.5 Å². The van der Waals surface area contributed by atoms with Crippen molar-refractivity contribution in [2.24, 2.45) is 5.41 Å². The van der Waals surface area contributed by atoms with Gasteiger partial charge in [0.25, 0.3) is 0 Å². The summed E-state index contributed by atoms with van der Waals surface area (Å²) in [4.78, 5) is 18.7. The second kappa shape index (κ2) is 5.80. The van der Waals surface area contributed by atoms with Crippen LogP contribution >= 0.6 is 0 Å². The molecule has 1 saturated carbocycles. The number of rotatable bonds is 6. The van der Waals surface area contributed by atoms with Gasteiger partial charge in [-0.15, -0.1) is 0 Å². The molecule has 0 bridgehead atoms. The van der Waals surface area contributed by atoms with Crippen LogP contribution in [0.25, 0.3) is 0 Å². The fourth-order valence-corrected chi connectivity index (χ4v) is 2.25. The van der Waals surface area contributed by atoms with Crippen molar-refractivity contribution in [3.63, 3.8) is 0 Å². The molecule has 1 heterocycles. The first-order valence-corrected chi connectivity index (χ1v) is 7.06. The summed E-state index contributed by atoms with van der Waals surface area (Å²) in [5, 5.41) is 26.9. The number of hydrogen-bond donors (Lipinski definition) is 3. The van der Waals surface area contributed by atoms with Gasteiger partial charge in [-0.25, -0.2) is 4.98 Å². The molecular formula is C13H21N5O3. The van der Waals surface area contributed by atoms with Gasteiger partial charge in [0.1, 0.15) is 6.20 Å². The monoisotopic (exact) mass is 295 g/mol. The van der Waals surface area contributed by atoms with Crippen molar-refractivity contribution in [2.45, 2.75) is 45.8 Å². The average molecular weight is 295 g/mol. The molecule has 1 aromatic rings. The van der Waals surface area contributed by atoms with Crippen LogP contribution < -0.4 is 10.6 Å². The molecule has 0 amide bonds. The lowest BCUT2D eigenvalue weighted by molar-refractivity contribution is -0.384. The molecule has 8 nitrogen and oxygen atoms in total. The number of aromatic nitrogens is 2. The highest BCUT2D eigenvalue weighted by Crippen LogP contribution is 2.42. The summed E-state index contributed by atoms with van der Waals surface area (Å²) < 4.78 is 0. The first-order valence-electron chi connectivity index (χ1n) is 7.06. The lowest BCUT2D eigenvalue weighted by atomic mass is 9.64. The minimum absolute atomic E-state index is 0.0554. The Hall–Kier alpha value is -1.96. The van der Waals surface area contributed by atoms with Gasteiger partial charge in [-0.05, 0) is 12.8 Å².